The van der Waals surface area contributed by atoms with Crippen LogP contribution in [0.15, 0.2) is 41.0 Å². The van der Waals surface area contributed by atoms with Crippen molar-refractivity contribution in [2.45, 2.75) is 13.5 Å². The molecule has 0 bridgehead atoms. The van der Waals surface area contributed by atoms with E-state index in [1.807, 2.05) is 0 Å². The summed E-state index contributed by atoms with van der Waals surface area (Å²) in [4.78, 5) is 28.3. The molecule has 0 unspecified atom stereocenters. The van der Waals surface area contributed by atoms with Crippen molar-refractivity contribution in [3.8, 4) is 5.75 Å². The number of hydrogen-bond donors (Lipinski definition) is 0. The molecule has 2 amide bonds. The van der Waals surface area contributed by atoms with Crippen molar-refractivity contribution in [3.63, 3.8) is 0 Å². The molecule has 1 aromatic heterocycles. The molecule has 0 N–H and O–H groups in total. The lowest BCUT2D eigenvalue weighted by atomic mass is 10.1. The topological polar surface area (TPSA) is 63.0 Å². The molecule has 2 aromatic rings. The largest absolute Gasteiger partial charge is 0.469 e. The van der Waals surface area contributed by atoms with Crippen LogP contribution in [0.25, 0.3) is 0 Å². The third-order valence-electron chi connectivity index (χ3n) is 4.25. The number of carbonyl (C=O) groups excluding carboxylic acids is 2. The van der Waals surface area contributed by atoms with Gasteiger partial charge in [0.15, 0.2) is 0 Å². The highest BCUT2D eigenvalue weighted by atomic mass is 19.3. The highest BCUT2D eigenvalue weighted by molar-refractivity contribution is 5.96. The maximum atomic E-state index is 12.6. The molecule has 0 saturated carbocycles. The zero-order valence-corrected chi connectivity index (χ0v) is 14.2. The highest BCUT2D eigenvalue weighted by Gasteiger charge is 2.27. The van der Waals surface area contributed by atoms with E-state index in [0.717, 1.165) is 0 Å². The lowest BCUT2D eigenvalue weighted by molar-refractivity contribution is -0.0499. The van der Waals surface area contributed by atoms with E-state index in [0.29, 0.717) is 37.5 Å². The quantitative estimate of drug-likeness (QED) is 0.837. The zero-order chi connectivity index (χ0) is 18.7. The van der Waals surface area contributed by atoms with E-state index < -0.39 is 6.61 Å². The normalized spacial score (nSPS) is 14.6. The van der Waals surface area contributed by atoms with E-state index in [2.05, 4.69) is 4.74 Å². The maximum absolute atomic E-state index is 12.6. The third-order valence-corrected chi connectivity index (χ3v) is 4.25. The number of carbonyl (C=O) groups is 2. The molecule has 3 rings (SSSR count). The minimum atomic E-state index is -2.94. The molecular weight excluding hydrogens is 346 g/mol. The number of piperazine rings is 1. The van der Waals surface area contributed by atoms with Gasteiger partial charge in [0.25, 0.3) is 11.8 Å². The number of aryl methyl sites for hydroxylation is 1. The van der Waals surface area contributed by atoms with Crippen LogP contribution >= 0.6 is 0 Å². The molecule has 1 aliphatic heterocycles. The van der Waals surface area contributed by atoms with Crippen molar-refractivity contribution in [1.29, 1.82) is 0 Å². The Balaban J connectivity index is 1.62. The number of hydrogen-bond acceptors (Lipinski definition) is 4. The Labute approximate surface area is 148 Å². The van der Waals surface area contributed by atoms with Crippen LogP contribution in [0.4, 0.5) is 8.78 Å². The van der Waals surface area contributed by atoms with Crippen LogP contribution in [0.3, 0.4) is 0 Å². The lowest BCUT2D eigenvalue weighted by Gasteiger charge is -2.34. The van der Waals surface area contributed by atoms with Gasteiger partial charge in [-0.05, 0) is 31.2 Å². The first kappa shape index (κ1) is 17.9. The van der Waals surface area contributed by atoms with Gasteiger partial charge >= 0.3 is 6.61 Å². The predicted molar refractivity (Wildman–Crippen MR) is 88.3 cm³/mol. The van der Waals surface area contributed by atoms with E-state index in [1.54, 1.807) is 28.9 Å². The fourth-order valence-corrected chi connectivity index (χ4v) is 2.88. The van der Waals surface area contributed by atoms with Crippen LogP contribution in [0.5, 0.6) is 5.75 Å². The summed E-state index contributed by atoms with van der Waals surface area (Å²) in [5, 5.41) is 0. The first-order valence-corrected chi connectivity index (χ1v) is 8.13. The number of amides is 2. The van der Waals surface area contributed by atoms with Gasteiger partial charge in [0.05, 0.1) is 11.8 Å². The number of halogens is 2. The van der Waals surface area contributed by atoms with E-state index in [1.165, 1.54) is 24.5 Å². The molecule has 6 nitrogen and oxygen atoms in total. The van der Waals surface area contributed by atoms with Crippen LogP contribution in [-0.2, 0) is 0 Å². The lowest BCUT2D eigenvalue weighted by Crippen LogP contribution is -2.50. The van der Waals surface area contributed by atoms with Crippen LogP contribution in [0.2, 0.25) is 0 Å². The minimum absolute atomic E-state index is 0.0601. The minimum Gasteiger partial charge on any atom is -0.469 e. The van der Waals surface area contributed by atoms with E-state index >= 15 is 0 Å². The maximum Gasteiger partial charge on any atom is 0.387 e. The predicted octanol–water partition coefficient (Wildman–Crippen LogP) is 2.79. The fraction of sp³-hybridized carbons (Fsp3) is 0.333. The number of furan rings is 1. The van der Waals surface area contributed by atoms with Crippen LogP contribution in [0, 0.1) is 6.92 Å². The van der Waals surface area contributed by atoms with Gasteiger partial charge in [0.2, 0.25) is 0 Å². The van der Waals surface area contributed by atoms with Gasteiger partial charge in [-0.1, -0.05) is 6.07 Å². The molecule has 26 heavy (non-hydrogen) atoms. The van der Waals surface area contributed by atoms with Crippen LogP contribution in [0.1, 0.15) is 26.5 Å². The van der Waals surface area contributed by atoms with Gasteiger partial charge in [0, 0.05) is 31.7 Å². The Morgan fingerprint density at radius 3 is 2.31 bits per heavy atom. The standard InChI is InChI=1S/C18H18F2N2O4/c1-12-15(5-10-25-12)17(24)22-8-6-21(7-9-22)16(23)13-3-2-4-14(11-13)26-18(19)20/h2-5,10-11,18H,6-9H2,1H3. The molecule has 0 radical (unpaired) electrons. The molecule has 8 heteroatoms. The van der Waals surface area contributed by atoms with Gasteiger partial charge in [-0.2, -0.15) is 8.78 Å². The Hall–Kier alpha value is -2.90. The molecule has 0 spiro atoms. The zero-order valence-electron chi connectivity index (χ0n) is 14.2. The Kier molecular flexibility index (Phi) is 5.20. The summed E-state index contributed by atoms with van der Waals surface area (Å²) in [5.74, 6) is 0.0893. The Morgan fingerprint density at radius 2 is 1.73 bits per heavy atom. The number of alkyl halides is 2. The van der Waals surface area contributed by atoms with Crippen molar-refractivity contribution in [1.82, 2.24) is 9.80 Å². The second kappa shape index (κ2) is 7.55. The molecule has 1 aromatic carbocycles. The van der Waals surface area contributed by atoms with Crippen molar-refractivity contribution < 1.29 is 27.5 Å². The highest BCUT2D eigenvalue weighted by Crippen LogP contribution is 2.19. The molecule has 1 fully saturated rings. The van der Waals surface area contributed by atoms with Crippen LogP contribution < -0.4 is 4.74 Å². The van der Waals surface area contributed by atoms with Crippen molar-refractivity contribution in [3.05, 3.63) is 53.5 Å². The number of benzene rings is 1. The van der Waals surface area contributed by atoms with Crippen LogP contribution in [-0.4, -0.2) is 54.4 Å². The SMILES string of the molecule is Cc1occc1C(=O)N1CCN(C(=O)c2cccc(OC(F)F)c2)CC1. The number of nitrogens with zero attached hydrogens (tertiary/aromatic N) is 2. The van der Waals surface area contributed by atoms with Gasteiger partial charge in [0.1, 0.15) is 11.5 Å². The summed E-state index contributed by atoms with van der Waals surface area (Å²) in [6.45, 7) is 0.288. The van der Waals surface area contributed by atoms with E-state index in [9.17, 15) is 18.4 Å². The van der Waals surface area contributed by atoms with E-state index in [4.69, 9.17) is 4.42 Å². The fourth-order valence-electron chi connectivity index (χ4n) is 2.88. The summed E-state index contributed by atoms with van der Waals surface area (Å²) in [6.07, 6.45) is 1.47. The summed E-state index contributed by atoms with van der Waals surface area (Å²) >= 11 is 0. The second-order valence-electron chi connectivity index (χ2n) is 5.88. The molecule has 1 aliphatic rings. The van der Waals surface area contributed by atoms with Gasteiger partial charge in [-0.3, -0.25) is 9.59 Å². The summed E-state index contributed by atoms with van der Waals surface area (Å²) in [6, 6.07) is 7.33. The first-order chi connectivity index (χ1) is 12.5. The first-order valence-electron chi connectivity index (χ1n) is 8.13. The molecule has 138 valence electrons. The Bertz CT molecular complexity index is 798. The molecular formula is C18H18F2N2O4. The Morgan fingerprint density at radius 1 is 1.08 bits per heavy atom. The smallest absolute Gasteiger partial charge is 0.387 e. The monoisotopic (exact) mass is 364 g/mol. The third kappa shape index (κ3) is 3.84. The average molecular weight is 364 g/mol. The van der Waals surface area contributed by atoms with E-state index in [-0.39, 0.29) is 23.1 Å². The van der Waals surface area contributed by atoms with Crippen molar-refractivity contribution in [2.75, 3.05) is 26.2 Å². The molecule has 0 aliphatic carbocycles. The van der Waals surface area contributed by atoms with Gasteiger partial charge < -0.3 is 19.0 Å². The number of ether oxygens (including phenoxy) is 1. The average Bonchev–Trinajstić information content (AvgIpc) is 3.06. The summed E-state index contributed by atoms with van der Waals surface area (Å²) in [5.41, 5.74) is 0.787. The van der Waals surface area contributed by atoms with Gasteiger partial charge in [-0.25, -0.2) is 0 Å². The second-order valence-corrected chi connectivity index (χ2v) is 5.88. The molecule has 1 saturated heterocycles. The molecule has 0 atom stereocenters. The van der Waals surface area contributed by atoms with Crippen molar-refractivity contribution in [2.24, 2.45) is 0 Å². The summed E-state index contributed by atoms with van der Waals surface area (Å²) in [7, 11) is 0. The summed E-state index contributed by atoms with van der Waals surface area (Å²) < 4.78 is 34.1. The number of rotatable bonds is 4. The van der Waals surface area contributed by atoms with Gasteiger partial charge in [-0.15, -0.1) is 0 Å². The molecule has 2 heterocycles. The van der Waals surface area contributed by atoms with Crippen molar-refractivity contribution >= 4 is 11.8 Å².